The number of amides is 1. The van der Waals surface area contributed by atoms with Gasteiger partial charge in [-0.2, -0.15) is 0 Å². The topological polar surface area (TPSA) is 70.1 Å². The van der Waals surface area contributed by atoms with Gasteiger partial charge in [-0.05, 0) is 48.8 Å². The zero-order valence-electron chi connectivity index (χ0n) is 20.3. The number of benzene rings is 2. The fraction of sp³-hybridized carbons (Fsp3) is 0.407. The van der Waals surface area contributed by atoms with Crippen LogP contribution in [-0.2, 0) is 9.59 Å². The molecule has 1 aliphatic rings. The quantitative estimate of drug-likeness (QED) is 0.313. The standard InChI is InChI=1S/C27H33FN2O4/c1-5-29(6-2)14-15-30-24(19-10-12-21(28)13-11-19)23(26(32)27(30)33)25(31)20-8-7-9-22(16-20)34-17-18(3)4/h7-13,16,18,24,31H,5-6,14-15,17H2,1-4H3/b25-23-. The van der Waals surface area contributed by atoms with Crippen molar-refractivity contribution in [3.8, 4) is 5.75 Å². The molecule has 0 spiro atoms. The van der Waals surface area contributed by atoms with Gasteiger partial charge in [0.05, 0.1) is 18.2 Å². The Labute approximate surface area is 200 Å². The van der Waals surface area contributed by atoms with Crippen molar-refractivity contribution in [3.63, 3.8) is 0 Å². The molecule has 1 N–H and O–H groups in total. The van der Waals surface area contributed by atoms with Crippen LogP contribution < -0.4 is 4.74 Å². The van der Waals surface area contributed by atoms with Gasteiger partial charge in [0, 0.05) is 18.7 Å². The highest BCUT2D eigenvalue weighted by atomic mass is 19.1. The molecule has 0 aromatic heterocycles. The van der Waals surface area contributed by atoms with Crippen molar-refractivity contribution < 1.29 is 23.8 Å². The van der Waals surface area contributed by atoms with E-state index in [1.807, 2.05) is 27.7 Å². The zero-order chi connectivity index (χ0) is 24.8. The van der Waals surface area contributed by atoms with Gasteiger partial charge in [0.15, 0.2) is 0 Å². The van der Waals surface area contributed by atoms with Crippen LogP contribution in [0.3, 0.4) is 0 Å². The molecule has 1 heterocycles. The maximum absolute atomic E-state index is 13.6. The Morgan fingerprint density at radius 2 is 1.79 bits per heavy atom. The van der Waals surface area contributed by atoms with E-state index in [-0.39, 0.29) is 11.3 Å². The highest BCUT2D eigenvalue weighted by molar-refractivity contribution is 6.46. The lowest BCUT2D eigenvalue weighted by atomic mass is 9.95. The number of rotatable bonds is 10. The molecule has 0 radical (unpaired) electrons. The van der Waals surface area contributed by atoms with Gasteiger partial charge in [-0.15, -0.1) is 0 Å². The predicted molar refractivity (Wildman–Crippen MR) is 130 cm³/mol. The van der Waals surface area contributed by atoms with Crippen LogP contribution in [0.25, 0.3) is 5.76 Å². The van der Waals surface area contributed by atoms with Crippen molar-refractivity contribution >= 4 is 17.4 Å². The molecule has 2 aromatic carbocycles. The number of likely N-dealkylation sites (tertiary alicyclic amines) is 1. The maximum atomic E-state index is 13.6. The molecular formula is C27H33FN2O4. The molecule has 34 heavy (non-hydrogen) atoms. The van der Waals surface area contributed by atoms with Crippen LogP contribution in [0.4, 0.5) is 4.39 Å². The average Bonchev–Trinajstić information content (AvgIpc) is 3.08. The molecule has 0 bridgehead atoms. The van der Waals surface area contributed by atoms with Crippen LogP contribution in [0.5, 0.6) is 5.75 Å². The number of aliphatic hydroxyl groups is 1. The number of Topliss-reactive ketones (excluding diaryl/α,β-unsaturated/α-hetero) is 1. The SMILES string of the molecule is CCN(CC)CCN1C(=O)C(=O)/C(=C(\O)c2cccc(OCC(C)C)c2)C1c1ccc(F)cc1. The third-order valence-electron chi connectivity index (χ3n) is 5.97. The van der Waals surface area contributed by atoms with Crippen LogP contribution >= 0.6 is 0 Å². The van der Waals surface area contributed by atoms with Gasteiger partial charge < -0.3 is 19.6 Å². The van der Waals surface area contributed by atoms with Gasteiger partial charge in [-0.3, -0.25) is 9.59 Å². The van der Waals surface area contributed by atoms with Gasteiger partial charge >= 0.3 is 0 Å². The highest BCUT2D eigenvalue weighted by Crippen LogP contribution is 2.39. The predicted octanol–water partition coefficient (Wildman–Crippen LogP) is 4.62. The summed E-state index contributed by atoms with van der Waals surface area (Å²) in [6, 6.07) is 11.7. The molecule has 0 aliphatic carbocycles. The lowest BCUT2D eigenvalue weighted by Gasteiger charge is -2.28. The summed E-state index contributed by atoms with van der Waals surface area (Å²) in [7, 11) is 0. The molecule has 2 aromatic rings. The van der Waals surface area contributed by atoms with E-state index in [0.29, 0.717) is 42.5 Å². The number of carbonyl (C=O) groups excluding carboxylic acids is 2. The van der Waals surface area contributed by atoms with E-state index in [4.69, 9.17) is 4.74 Å². The molecule has 1 saturated heterocycles. The average molecular weight is 469 g/mol. The van der Waals surface area contributed by atoms with Gasteiger partial charge in [0.1, 0.15) is 17.3 Å². The fourth-order valence-electron chi connectivity index (χ4n) is 4.04. The van der Waals surface area contributed by atoms with E-state index in [0.717, 1.165) is 13.1 Å². The lowest BCUT2D eigenvalue weighted by Crippen LogP contribution is -2.38. The second-order valence-corrected chi connectivity index (χ2v) is 8.80. The van der Waals surface area contributed by atoms with E-state index in [2.05, 4.69) is 4.90 Å². The van der Waals surface area contributed by atoms with Crippen molar-refractivity contribution in [1.29, 1.82) is 0 Å². The Kier molecular flexibility index (Phi) is 8.45. The minimum atomic E-state index is -0.809. The van der Waals surface area contributed by atoms with Crippen LogP contribution in [0.15, 0.2) is 54.1 Å². The summed E-state index contributed by atoms with van der Waals surface area (Å²) in [5, 5.41) is 11.2. The number of likely N-dealkylation sites (N-methyl/N-ethyl adjacent to an activating group) is 1. The number of ketones is 1. The third kappa shape index (κ3) is 5.65. The van der Waals surface area contributed by atoms with Crippen LogP contribution in [-0.4, -0.2) is 59.4 Å². The number of ether oxygens (including phenoxy) is 1. The normalized spacial score (nSPS) is 17.7. The summed E-state index contributed by atoms with van der Waals surface area (Å²) >= 11 is 0. The van der Waals surface area contributed by atoms with Gasteiger partial charge in [-0.1, -0.05) is 52.0 Å². The minimum absolute atomic E-state index is 0.00263. The molecule has 1 atom stereocenters. The minimum Gasteiger partial charge on any atom is -0.507 e. The Balaban J connectivity index is 2.05. The van der Waals surface area contributed by atoms with Crippen LogP contribution in [0, 0.1) is 11.7 Å². The molecule has 7 heteroatoms. The molecule has 1 unspecified atom stereocenters. The molecule has 1 amide bonds. The number of halogens is 1. The van der Waals surface area contributed by atoms with E-state index in [1.54, 1.807) is 36.4 Å². The van der Waals surface area contributed by atoms with E-state index in [9.17, 15) is 19.1 Å². The van der Waals surface area contributed by atoms with Gasteiger partial charge in [-0.25, -0.2) is 4.39 Å². The summed E-state index contributed by atoms with van der Waals surface area (Å²) in [4.78, 5) is 29.8. The summed E-state index contributed by atoms with van der Waals surface area (Å²) in [5.74, 6) is -1.22. The molecule has 0 saturated carbocycles. The monoisotopic (exact) mass is 468 g/mol. The van der Waals surface area contributed by atoms with Crippen LogP contribution in [0.2, 0.25) is 0 Å². The zero-order valence-corrected chi connectivity index (χ0v) is 20.3. The highest BCUT2D eigenvalue weighted by Gasteiger charge is 2.46. The lowest BCUT2D eigenvalue weighted by molar-refractivity contribution is -0.140. The molecule has 3 rings (SSSR count). The van der Waals surface area contributed by atoms with Gasteiger partial charge in [0.2, 0.25) is 0 Å². The smallest absolute Gasteiger partial charge is 0.295 e. The maximum Gasteiger partial charge on any atom is 0.295 e. The second kappa shape index (κ2) is 11.3. The van der Waals surface area contributed by atoms with Crippen molar-refractivity contribution in [2.75, 3.05) is 32.8 Å². The molecule has 182 valence electrons. The Bertz CT molecular complexity index is 1040. The van der Waals surface area contributed by atoms with Crippen molar-refractivity contribution in [3.05, 3.63) is 71.0 Å². The number of carbonyl (C=O) groups is 2. The molecule has 1 aliphatic heterocycles. The fourth-order valence-corrected chi connectivity index (χ4v) is 4.04. The summed E-state index contributed by atoms with van der Waals surface area (Å²) in [5.41, 5.74) is 0.946. The largest absolute Gasteiger partial charge is 0.507 e. The Hall–Kier alpha value is -3.19. The van der Waals surface area contributed by atoms with E-state index < -0.39 is 23.5 Å². The first-order valence-electron chi connectivity index (χ1n) is 11.8. The Morgan fingerprint density at radius 1 is 1.12 bits per heavy atom. The number of aliphatic hydroxyl groups excluding tert-OH is 1. The van der Waals surface area contributed by atoms with Crippen molar-refractivity contribution in [2.24, 2.45) is 5.92 Å². The summed E-state index contributed by atoms with van der Waals surface area (Å²) in [6.45, 7) is 11.1. The number of hydrogen-bond donors (Lipinski definition) is 1. The first kappa shape index (κ1) is 25.4. The molecule has 1 fully saturated rings. The van der Waals surface area contributed by atoms with Gasteiger partial charge in [0.25, 0.3) is 11.7 Å². The number of hydrogen-bond acceptors (Lipinski definition) is 5. The van der Waals surface area contributed by atoms with E-state index in [1.165, 1.54) is 17.0 Å². The Morgan fingerprint density at radius 3 is 2.41 bits per heavy atom. The first-order valence-corrected chi connectivity index (χ1v) is 11.8. The molecular weight excluding hydrogens is 435 g/mol. The van der Waals surface area contributed by atoms with Crippen molar-refractivity contribution in [2.45, 2.75) is 33.7 Å². The van der Waals surface area contributed by atoms with Crippen molar-refractivity contribution in [1.82, 2.24) is 9.80 Å². The van der Waals surface area contributed by atoms with E-state index >= 15 is 0 Å². The third-order valence-corrected chi connectivity index (χ3v) is 5.97. The first-order chi connectivity index (χ1) is 16.3. The number of nitrogens with zero attached hydrogens (tertiary/aromatic N) is 2. The van der Waals surface area contributed by atoms with Crippen LogP contribution in [0.1, 0.15) is 44.9 Å². The molecule has 6 nitrogen and oxygen atoms in total. The second-order valence-electron chi connectivity index (χ2n) is 8.80. The summed E-state index contributed by atoms with van der Waals surface area (Å²) < 4.78 is 19.4. The summed E-state index contributed by atoms with van der Waals surface area (Å²) in [6.07, 6.45) is 0.